The summed E-state index contributed by atoms with van der Waals surface area (Å²) in [5, 5.41) is 16.4. The van der Waals surface area contributed by atoms with Gasteiger partial charge in [0.25, 0.3) is 0 Å². The van der Waals surface area contributed by atoms with E-state index in [0.29, 0.717) is 12.0 Å². The number of aliphatic hydroxyl groups excluding tert-OH is 2. The van der Waals surface area contributed by atoms with E-state index < -0.39 is 0 Å². The second-order valence-electron chi connectivity index (χ2n) is 5.11. The molecule has 2 rings (SSSR count). The summed E-state index contributed by atoms with van der Waals surface area (Å²) in [5.41, 5.74) is 3.34. The predicted octanol–water partition coefficient (Wildman–Crippen LogP) is 4.74. The number of carbonyl (C=O) groups excluding carboxylic acids is 2. The Bertz CT molecular complexity index is 736. The molecule has 0 atom stereocenters. The molecule has 0 aliphatic carbocycles. The van der Waals surface area contributed by atoms with Crippen molar-refractivity contribution in [2.75, 3.05) is 0 Å². The standard InChI is InChI=1S/C9H8Br2O.C9H9BrO2.CHO2.Ca.H2O/c1-6(12)7-2-3-8(5-10)9(11)4-7;1-6(12)7-2-3-8(5-11)9(10)4-7;2-1-3;;/h2-4H,5H2,1H3;2-4,11H,5H2,1H3;(H,2,3);;1H2/q;;-1;+2;/p-1. The Labute approximate surface area is 224 Å². The maximum Gasteiger partial charge on any atom is 2.00 e. The van der Waals surface area contributed by atoms with E-state index in [1.807, 2.05) is 18.2 Å². The SMILES string of the molecule is CC(=O)c1ccc(CBr)c(Br)c1.CC(=O)c1ccc(CO)c(Br)c1.O=[C-]O.[Ca+2].[OH-]. The Morgan fingerprint density at radius 1 is 0.931 bits per heavy atom. The van der Waals surface area contributed by atoms with E-state index in [0.717, 1.165) is 31.0 Å². The Hall–Kier alpha value is -0.130. The van der Waals surface area contributed by atoms with Crippen LogP contribution in [0, 0.1) is 0 Å². The number of hydrogen-bond acceptors (Lipinski definition) is 5. The Kier molecular flexibility index (Phi) is 21.5. The van der Waals surface area contributed by atoms with Crippen molar-refractivity contribution in [3.8, 4) is 0 Å². The predicted molar refractivity (Wildman–Crippen MR) is 123 cm³/mol. The van der Waals surface area contributed by atoms with Gasteiger partial charge in [0.2, 0.25) is 0 Å². The Morgan fingerprint density at radius 3 is 1.52 bits per heavy atom. The van der Waals surface area contributed by atoms with Gasteiger partial charge in [0.1, 0.15) is 0 Å². The van der Waals surface area contributed by atoms with E-state index >= 15 is 0 Å². The van der Waals surface area contributed by atoms with Crippen LogP contribution in [0.1, 0.15) is 45.7 Å². The van der Waals surface area contributed by atoms with Crippen molar-refractivity contribution < 1.29 is 30.1 Å². The zero-order valence-corrected chi connectivity index (χ0v) is 22.8. The molecule has 0 saturated carbocycles. The number of alkyl halides is 1. The van der Waals surface area contributed by atoms with E-state index in [2.05, 4.69) is 47.8 Å². The molecule has 3 N–H and O–H groups in total. The van der Waals surface area contributed by atoms with Crippen LogP contribution in [-0.2, 0) is 16.7 Å². The van der Waals surface area contributed by atoms with Crippen LogP contribution in [0.15, 0.2) is 45.3 Å². The normalized spacial score (nSPS) is 8.62. The number of ketones is 2. The second kappa shape index (κ2) is 18.6. The van der Waals surface area contributed by atoms with Crippen LogP contribution in [0.4, 0.5) is 0 Å². The summed E-state index contributed by atoms with van der Waals surface area (Å²) in [4.78, 5) is 30.1. The summed E-state index contributed by atoms with van der Waals surface area (Å²) >= 11 is 10.0. The molecule has 0 saturated heterocycles. The molecule has 0 spiro atoms. The Morgan fingerprint density at radius 2 is 1.28 bits per heavy atom. The van der Waals surface area contributed by atoms with Gasteiger partial charge in [0, 0.05) is 25.4 Å². The number of rotatable bonds is 4. The molecule has 0 radical (unpaired) electrons. The average Bonchev–Trinajstić information content (AvgIpc) is 2.62. The molecular formula is C19H19Br3CaO6. The van der Waals surface area contributed by atoms with E-state index in [1.165, 1.54) is 6.92 Å². The van der Waals surface area contributed by atoms with E-state index in [4.69, 9.17) is 15.0 Å². The van der Waals surface area contributed by atoms with E-state index in [1.54, 1.807) is 25.1 Å². The van der Waals surface area contributed by atoms with Crippen molar-refractivity contribution in [1.82, 2.24) is 0 Å². The summed E-state index contributed by atoms with van der Waals surface area (Å²) in [7, 11) is 0. The third-order valence-electron chi connectivity index (χ3n) is 3.23. The van der Waals surface area contributed by atoms with Gasteiger partial charge in [-0.25, -0.2) is 0 Å². The van der Waals surface area contributed by atoms with E-state index in [-0.39, 0.29) is 61.4 Å². The molecule has 0 amide bonds. The molecule has 29 heavy (non-hydrogen) atoms. The van der Waals surface area contributed by atoms with Gasteiger partial charge in [0.15, 0.2) is 11.6 Å². The fourth-order valence-electron chi connectivity index (χ4n) is 1.77. The first-order chi connectivity index (χ1) is 12.7. The fraction of sp³-hybridized carbons (Fsp3) is 0.211. The minimum Gasteiger partial charge on any atom is -0.870 e. The van der Waals surface area contributed by atoms with Gasteiger partial charge in [0.05, 0.1) is 6.61 Å². The fourth-order valence-corrected chi connectivity index (χ4v) is 3.66. The van der Waals surface area contributed by atoms with Crippen LogP contribution in [0.2, 0.25) is 0 Å². The molecule has 0 aliphatic heterocycles. The summed E-state index contributed by atoms with van der Waals surface area (Å²) < 4.78 is 1.75. The van der Waals surface area contributed by atoms with Gasteiger partial charge in [-0.1, -0.05) is 78.5 Å². The summed E-state index contributed by atoms with van der Waals surface area (Å²) in [6.07, 6.45) is 0. The zero-order valence-electron chi connectivity index (χ0n) is 15.8. The van der Waals surface area contributed by atoms with Gasteiger partial charge in [-0.15, -0.1) is 0 Å². The third-order valence-corrected chi connectivity index (χ3v) is 5.31. The maximum absolute atomic E-state index is 11.0. The topological polar surface area (TPSA) is 122 Å². The van der Waals surface area contributed by atoms with Crippen LogP contribution in [0.25, 0.3) is 0 Å². The average molecular weight is 623 g/mol. The van der Waals surface area contributed by atoms with Crippen LogP contribution in [0.3, 0.4) is 0 Å². The summed E-state index contributed by atoms with van der Waals surface area (Å²) in [6, 6.07) is 10.8. The zero-order chi connectivity index (χ0) is 21.0. The Balaban J connectivity index is -0.000000387. The van der Waals surface area contributed by atoms with Crippen molar-refractivity contribution in [2.24, 2.45) is 0 Å². The summed E-state index contributed by atoms with van der Waals surface area (Å²) in [6.45, 7) is 3.56. The molecular weight excluding hydrogens is 604 g/mol. The molecule has 154 valence electrons. The monoisotopic (exact) mass is 620 g/mol. The molecule has 0 bridgehead atoms. The largest absolute Gasteiger partial charge is 2.00 e. The molecule has 0 aliphatic rings. The number of benzene rings is 2. The van der Waals surface area contributed by atoms with Crippen molar-refractivity contribution in [3.05, 3.63) is 67.6 Å². The first-order valence-electron chi connectivity index (χ1n) is 7.48. The minimum absolute atomic E-state index is 0. The van der Waals surface area contributed by atoms with Crippen LogP contribution in [-0.4, -0.2) is 71.5 Å². The molecule has 0 aromatic heterocycles. The molecule has 0 fully saturated rings. The number of halogens is 3. The number of aliphatic hydroxyl groups is 1. The first-order valence-corrected chi connectivity index (χ1v) is 10.2. The van der Waals surface area contributed by atoms with E-state index in [9.17, 15) is 9.59 Å². The van der Waals surface area contributed by atoms with Crippen molar-refractivity contribution in [1.29, 1.82) is 0 Å². The third kappa shape index (κ3) is 13.0. The second-order valence-corrected chi connectivity index (χ2v) is 7.38. The van der Waals surface area contributed by atoms with Gasteiger partial charge < -0.3 is 20.5 Å². The minimum atomic E-state index is -0.0151. The van der Waals surface area contributed by atoms with Gasteiger partial charge in [-0.3, -0.25) is 9.59 Å². The molecule has 0 heterocycles. The quantitative estimate of drug-likeness (QED) is 0.220. The van der Waals surface area contributed by atoms with Crippen molar-refractivity contribution in [3.63, 3.8) is 0 Å². The molecule has 10 heteroatoms. The molecule has 0 unspecified atom stereocenters. The van der Waals surface area contributed by atoms with Crippen molar-refractivity contribution in [2.45, 2.75) is 25.8 Å². The van der Waals surface area contributed by atoms with Crippen LogP contribution in [0.5, 0.6) is 0 Å². The van der Waals surface area contributed by atoms with Crippen molar-refractivity contribution >= 4 is 104 Å². The molecule has 2 aromatic carbocycles. The van der Waals surface area contributed by atoms with Crippen LogP contribution < -0.4 is 0 Å². The summed E-state index contributed by atoms with van der Waals surface area (Å²) in [5.74, 6) is 0.122. The molecule has 6 nitrogen and oxygen atoms in total. The van der Waals surface area contributed by atoms with Gasteiger partial charge >= 0.3 is 37.7 Å². The van der Waals surface area contributed by atoms with Gasteiger partial charge in [-0.05, 0) is 37.1 Å². The molecule has 2 aromatic rings. The first kappa shape index (κ1) is 33.5. The number of carbonyl (C=O) groups is 2. The smallest absolute Gasteiger partial charge is 0.870 e. The van der Waals surface area contributed by atoms with Crippen LogP contribution >= 0.6 is 47.8 Å². The van der Waals surface area contributed by atoms with Gasteiger partial charge in [-0.2, -0.15) is 0 Å². The number of Topliss-reactive ketones (excluding diaryl/α,β-unsaturated/α-hetero) is 2. The maximum atomic E-state index is 11.0. The number of hydrogen-bond donors (Lipinski definition) is 2.